The summed E-state index contributed by atoms with van der Waals surface area (Å²) in [5.74, 6) is -0.925. The molecule has 1 aliphatic carbocycles. The van der Waals surface area contributed by atoms with Crippen LogP contribution in [0.25, 0.3) is 0 Å². The maximum Gasteiger partial charge on any atom is 0.312 e. The standard InChI is InChI=1S/C20H27N3O3/c1-14(2)21-17(24)18(25)22-9-11-23(12-10-22)19(26)20(7-8-20)16-6-4-5-15(3)13-16/h4-6,13-14H,7-12H2,1-3H3,(H,21,24). The lowest BCUT2D eigenvalue weighted by Crippen LogP contribution is -2.55. The zero-order valence-electron chi connectivity index (χ0n) is 15.7. The molecule has 3 amide bonds. The second-order valence-corrected chi connectivity index (χ2v) is 7.66. The second-order valence-electron chi connectivity index (χ2n) is 7.66. The van der Waals surface area contributed by atoms with Crippen LogP contribution in [0.2, 0.25) is 0 Å². The third kappa shape index (κ3) is 3.59. The molecule has 0 atom stereocenters. The number of amides is 3. The molecule has 3 rings (SSSR count). The Bertz CT molecular complexity index is 717. The SMILES string of the molecule is Cc1cccc(C2(C(=O)N3CCN(C(=O)C(=O)NC(C)C)CC3)CC2)c1. The Hall–Kier alpha value is -2.37. The summed E-state index contributed by atoms with van der Waals surface area (Å²) in [6.07, 6.45) is 1.76. The third-order valence-corrected chi connectivity index (χ3v) is 5.20. The van der Waals surface area contributed by atoms with Gasteiger partial charge in [0.25, 0.3) is 0 Å². The minimum absolute atomic E-state index is 0.0710. The minimum atomic E-state index is -0.571. The quantitative estimate of drug-likeness (QED) is 0.827. The summed E-state index contributed by atoms with van der Waals surface area (Å²) < 4.78 is 0. The van der Waals surface area contributed by atoms with Gasteiger partial charge in [-0.2, -0.15) is 0 Å². The Morgan fingerprint density at radius 3 is 2.19 bits per heavy atom. The second kappa shape index (κ2) is 7.09. The summed E-state index contributed by atoms with van der Waals surface area (Å²) in [4.78, 5) is 40.5. The number of hydrogen-bond donors (Lipinski definition) is 1. The van der Waals surface area contributed by atoms with Gasteiger partial charge in [0, 0.05) is 32.2 Å². The van der Waals surface area contributed by atoms with Crippen molar-refractivity contribution in [2.75, 3.05) is 26.2 Å². The maximum absolute atomic E-state index is 13.1. The number of aryl methyl sites for hydroxylation is 1. The van der Waals surface area contributed by atoms with Crippen molar-refractivity contribution in [3.8, 4) is 0 Å². The van der Waals surface area contributed by atoms with Gasteiger partial charge in [0.15, 0.2) is 0 Å². The number of benzene rings is 1. The van der Waals surface area contributed by atoms with E-state index in [-0.39, 0.29) is 17.4 Å². The molecule has 1 aromatic carbocycles. The number of nitrogens with one attached hydrogen (secondary N) is 1. The Morgan fingerprint density at radius 1 is 1.04 bits per heavy atom. The van der Waals surface area contributed by atoms with Gasteiger partial charge in [-0.25, -0.2) is 0 Å². The van der Waals surface area contributed by atoms with Crippen LogP contribution in [-0.2, 0) is 19.8 Å². The van der Waals surface area contributed by atoms with E-state index < -0.39 is 11.8 Å². The van der Waals surface area contributed by atoms with Crippen molar-refractivity contribution in [2.24, 2.45) is 0 Å². The Kier molecular flexibility index (Phi) is 5.03. The van der Waals surface area contributed by atoms with Gasteiger partial charge in [-0.15, -0.1) is 0 Å². The number of hydrogen-bond acceptors (Lipinski definition) is 3. The molecule has 6 heteroatoms. The van der Waals surface area contributed by atoms with Crippen molar-refractivity contribution in [3.05, 3.63) is 35.4 Å². The lowest BCUT2D eigenvalue weighted by atomic mass is 9.92. The van der Waals surface area contributed by atoms with Gasteiger partial charge in [-0.3, -0.25) is 14.4 Å². The van der Waals surface area contributed by atoms with Gasteiger partial charge in [0.1, 0.15) is 0 Å². The van der Waals surface area contributed by atoms with Crippen LogP contribution in [-0.4, -0.2) is 59.7 Å². The number of carbonyl (C=O) groups is 3. The van der Waals surface area contributed by atoms with E-state index in [0.717, 1.165) is 24.0 Å². The summed E-state index contributed by atoms with van der Waals surface area (Å²) in [5, 5.41) is 2.62. The topological polar surface area (TPSA) is 69.7 Å². The smallest absolute Gasteiger partial charge is 0.312 e. The summed E-state index contributed by atoms with van der Waals surface area (Å²) in [5.41, 5.74) is 1.87. The van der Waals surface area contributed by atoms with Gasteiger partial charge in [0.05, 0.1) is 5.41 Å². The summed E-state index contributed by atoms with van der Waals surface area (Å²) in [6, 6.07) is 8.10. The average molecular weight is 357 g/mol. The van der Waals surface area contributed by atoms with Crippen LogP contribution in [0.5, 0.6) is 0 Å². The fourth-order valence-corrected chi connectivity index (χ4v) is 3.58. The Labute approximate surface area is 154 Å². The van der Waals surface area contributed by atoms with Crippen molar-refractivity contribution >= 4 is 17.7 Å². The van der Waals surface area contributed by atoms with Crippen molar-refractivity contribution in [2.45, 2.75) is 45.1 Å². The highest BCUT2D eigenvalue weighted by atomic mass is 16.2. The predicted molar refractivity (Wildman–Crippen MR) is 98.5 cm³/mol. The van der Waals surface area contributed by atoms with Gasteiger partial charge >= 0.3 is 11.8 Å². The van der Waals surface area contributed by atoms with Crippen LogP contribution < -0.4 is 5.32 Å². The zero-order valence-corrected chi connectivity index (χ0v) is 15.7. The molecule has 1 aliphatic heterocycles. The lowest BCUT2D eigenvalue weighted by molar-refractivity contribution is -0.149. The summed E-state index contributed by atoms with van der Waals surface area (Å²) in [6.45, 7) is 7.45. The van der Waals surface area contributed by atoms with Gasteiger partial charge in [-0.1, -0.05) is 29.8 Å². The van der Waals surface area contributed by atoms with E-state index in [4.69, 9.17) is 0 Å². The molecule has 1 saturated heterocycles. The van der Waals surface area contributed by atoms with E-state index in [0.29, 0.717) is 26.2 Å². The monoisotopic (exact) mass is 357 g/mol. The fourth-order valence-electron chi connectivity index (χ4n) is 3.58. The largest absolute Gasteiger partial charge is 0.346 e. The first-order valence-corrected chi connectivity index (χ1v) is 9.30. The van der Waals surface area contributed by atoms with Crippen LogP contribution in [0.15, 0.2) is 24.3 Å². The van der Waals surface area contributed by atoms with Crippen molar-refractivity contribution in [3.63, 3.8) is 0 Å². The molecule has 1 saturated carbocycles. The molecule has 1 heterocycles. The molecule has 26 heavy (non-hydrogen) atoms. The van der Waals surface area contributed by atoms with E-state index in [1.807, 2.05) is 43.9 Å². The Balaban J connectivity index is 1.61. The van der Waals surface area contributed by atoms with Crippen molar-refractivity contribution < 1.29 is 14.4 Å². The number of piperazine rings is 1. The van der Waals surface area contributed by atoms with Gasteiger partial charge in [0.2, 0.25) is 5.91 Å². The minimum Gasteiger partial charge on any atom is -0.346 e. The number of nitrogens with zero attached hydrogens (tertiary/aromatic N) is 2. The van der Waals surface area contributed by atoms with E-state index >= 15 is 0 Å². The molecule has 0 aromatic heterocycles. The maximum atomic E-state index is 13.1. The molecule has 6 nitrogen and oxygen atoms in total. The van der Waals surface area contributed by atoms with Gasteiger partial charge in [-0.05, 0) is 39.2 Å². The fraction of sp³-hybridized carbons (Fsp3) is 0.550. The predicted octanol–water partition coefficient (Wildman–Crippen LogP) is 1.22. The summed E-state index contributed by atoms with van der Waals surface area (Å²) in [7, 11) is 0. The van der Waals surface area contributed by atoms with Crippen LogP contribution in [0.3, 0.4) is 0 Å². The Morgan fingerprint density at radius 2 is 1.65 bits per heavy atom. The van der Waals surface area contributed by atoms with Crippen LogP contribution in [0.4, 0.5) is 0 Å². The molecule has 1 N–H and O–H groups in total. The third-order valence-electron chi connectivity index (χ3n) is 5.20. The highest BCUT2D eigenvalue weighted by Gasteiger charge is 2.53. The van der Waals surface area contributed by atoms with E-state index in [1.165, 1.54) is 4.90 Å². The molecule has 0 radical (unpaired) electrons. The molecule has 0 bridgehead atoms. The molecule has 2 fully saturated rings. The molecule has 2 aliphatic rings. The van der Waals surface area contributed by atoms with Crippen LogP contribution >= 0.6 is 0 Å². The first-order chi connectivity index (χ1) is 12.3. The van der Waals surface area contributed by atoms with Crippen molar-refractivity contribution in [1.82, 2.24) is 15.1 Å². The summed E-state index contributed by atoms with van der Waals surface area (Å²) >= 11 is 0. The number of rotatable bonds is 3. The van der Waals surface area contributed by atoms with Gasteiger partial charge < -0.3 is 15.1 Å². The first kappa shape index (κ1) is 18.4. The number of carbonyl (C=O) groups excluding carboxylic acids is 3. The molecule has 0 unspecified atom stereocenters. The molecule has 0 spiro atoms. The lowest BCUT2D eigenvalue weighted by Gasteiger charge is -2.36. The molecule has 140 valence electrons. The normalized spacial score (nSPS) is 18.6. The van der Waals surface area contributed by atoms with Crippen molar-refractivity contribution in [1.29, 1.82) is 0 Å². The van der Waals surface area contributed by atoms with E-state index in [9.17, 15) is 14.4 Å². The highest BCUT2D eigenvalue weighted by Crippen LogP contribution is 2.49. The average Bonchev–Trinajstić information content (AvgIpc) is 3.42. The molecular formula is C20H27N3O3. The van der Waals surface area contributed by atoms with Crippen LogP contribution in [0, 0.1) is 6.92 Å². The van der Waals surface area contributed by atoms with E-state index in [2.05, 4.69) is 11.4 Å². The highest BCUT2D eigenvalue weighted by molar-refractivity contribution is 6.35. The molecular weight excluding hydrogens is 330 g/mol. The zero-order chi connectivity index (χ0) is 18.9. The van der Waals surface area contributed by atoms with E-state index in [1.54, 1.807) is 0 Å². The molecule has 1 aromatic rings. The first-order valence-electron chi connectivity index (χ1n) is 9.30. The van der Waals surface area contributed by atoms with Crippen LogP contribution in [0.1, 0.15) is 37.8 Å².